The molecule has 1 atom stereocenters. The van der Waals surface area contributed by atoms with Crippen LogP contribution in [0.1, 0.15) is 30.5 Å². The first kappa shape index (κ1) is 20.3. The standard InChI is InChI=1S/C21H27ClN2O2/c1-6-26-18-9-7-17(8-10-18)13-24(5)16(4)21(25)23-20-15(3)11-14(2)12-19(20)22/h7-12,16H,6,13H2,1-5H3,(H,23,25). The number of ether oxygens (including phenoxy) is 1. The normalized spacial score (nSPS) is 12.1. The van der Waals surface area contributed by atoms with Crippen LogP contribution in [0.3, 0.4) is 0 Å². The van der Waals surface area contributed by atoms with E-state index in [1.807, 2.05) is 76.0 Å². The SMILES string of the molecule is CCOc1ccc(CN(C)C(C)C(=O)Nc2c(C)cc(C)cc2Cl)cc1. The molecule has 0 heterocycles. The van der Waals surface area contributed by atoms with Crippen LogP contribution in [0.2, 0.25) is 5.02 Å². The minimum absolute atomic E-state index is 0.0766. The number of carbonyl (C=O) groups excluding carboxylic acids is 1. The topological polar surface area (TPSA) is 41.6 Å². The third kappa shape index (κ3) is 5.23. The predicted molar refractivity (Wildman–Crippen MR) is 108 cm³/mol. The second-order valence-electron chi connectivity index (χ2n) is 6.60. The van der Waals surface area contributed by atoms with Crippen molar-refractivity contribution < 1.29 is 9.53 Å². The Morgan fingerprint density at radius 3 is 2.46 bits per heavy atom. The van der Waals surface area contributed by atoms with E-state index >= 15 is 0 Å². The maximum absolute atomic E-state index is 12.6. The number of nitrogens with zero attached hydrogens (tertiary/aromatic N) is 1. The molecule has 1 N–H and O–H groups in total. The smallest absolute Gasteiger partial charge is 0.241 e. The van der Waals surface area contributed by atoms with E-state index in [1.165, 1.54) is 0 Å². The molecule has 2 aromatic rings. The zero-order chi connectivity index (χ0) is 19.3. The van der Waals surface area contributed by atoms with Gasteiger partial charge in [0.15, 0.2) is 0 Å². The number of hydrogen-bond donors (Lipinski definition) is 1. The van der Waals surface area contributed by atoms with Crippen LogP contribution in [0.15, 0.2) is 36.4 Å². The lowest BCUT2D eigenvalue weighted by atomic mass is 10.1. The summed E-state index contributed by atoms with van der Waals surface area (Å²) < 4.78 is 5.46. The molecule has 0 saturated heterocycles. The number of benzene rings is 2. The van der Waals surface area contributed by atoms with Gasteiger partial charge in [-0.3, -0.25) is 9.69 Å². The van der Waals surface area contributed by atoms with Gasteiger partial charge in [-0.1, -0.05) is 29.8 Å². The molecule has 0 aliphatic carbocycles. The molecule has 0 saturated carbocycles. The molecule has 1 unspecified atom stereocenters. The number of rotatable bonds is 7. The summed E-state index contributed by atoms with van der Waals surface area (Å²) in [4.78, 5) is 14.6. The van der Waals surface area contributed by atoms with Crippen LogP contribution in [0.5, 0.6) is 5.75 Å². The molecular weight excluding hydrogens is 348 g/mol. The van der Waals surface area contributed by atoms with Crippen molar-refractivity contribution in [3.05, 3.63) is 58.1 Å². The summed E-state index contributed by atoms with van der Waals surface area (Å²) in [7, 11) is 1.93. The predicted octanol–water partition coefficient (Wildman–Crippen LogP) is 4.81. The van der Waals surface area contributed by atoms with Gasteiger partial charge in [0, 0.05) is 6.54 Å². The van der Waals surface area contributed by atoms with Crippen LogP contribution in [-0.4, -0.2) is 30.5 Å². The summed E-state index contributed by atoms with van der Waals surface area (Å²) in [6.45, 7) is 9.10. The molecule has 0 spiro atoms. The average molecular weight is 375 g/mol. The van der Waals surface area contributed by atoms with Gasteiger partial charge in [-0.25, -0.2) is 0 Å². The van der Waals surface area contributed by atoms with Crippen LogP contribution < -0.4 is 10.1 Å². The summed E-state index contributed by atoms with van der Waals surface area (Å²) in [6, 6.07) is 11.5. The van der Waals surface area contributed by atoms with E-state index in [0.717, 1.165) is 22.4 Å². The van der Waals surface area contributed by atoms with Gasteiger partial charge in [0.05, 0.1) is 23.4 Å². The summed E-state index contributed by atoms with van der Waals surface area (Å²) in [5.74, 6) is 0.779. The van der Waals surface area contributed by atoms with Gasteiger partial charge in [0.2, 0.25) is 5.91 Å². The summed E-state index contributed by atoms with van der Waals surface area (Å²) in [5.41, 5.74) is 3.85. The fourth-order valence-corrected chi connectivity index (χ4v) is 3.15. The molecule has 0 aromatic heterocycles. The number of amides is 1. The fourth-order valence-electron chi connectivity index (χ4n) is 2.78. The molecule has 0 fully saturated rings. The fraction of sp³-hybridized carbons (Fsp3) is 0.381. The highest BCUT2D eigenvalue weighted by atomic mass is 35.5. The van der Waals surface area contributed by atoms with E-state index in [1.54, 1.807) is 0 Å². The number of hydrogen-bond acceptors (Lipinski definition) is 3. The Kier molecular flexibility index (Phi) is 7.06. The zero-order valence-electron chi connectivity index (χ0n) is 16.1. The first-order chi connectivity index (χ1) is 12.3. The highest BCUT2D eigenvalue weighted by Gasteiger charge is 2.20. The van der Waals surface area contributed by atoms with Crippen molar-refractivity contribution in [3.8, 4) is 5.75 Å². The molecule has 4 nitrogen and oxygen atoms in total. The van der Waals surface area contributed by atoms with Crippen molar-refractivity contribution in [2.24, 2.45) is 0 Å². The van der Waals surface area contributed by atoms with Crippen molar-refractivity contribution in [1.29, 1.82) is 0 Å². The monoisotopic (exact) mass is 374 g/mol. The van der Waals surface area contributed by atoms with Gasteiger partial charge in [0.1, 0.15) is 5.75 Å². The largest absolute Gasteiger partial charge is 0.494 e. The van der Waals surface area contributed by atoms with Crippen molar-refractivity contribution in [2.45, 2.75) is 40.3 Å². The third-order valence-corrected chi connectivity index (χ3v) is 4.68. The van der Waals surface area contributed by atoms with Crippen LogP contribution in [-0.2, 0) is 11.3 Å². The number of halogens is 1. The maximum Gasteiger partial charge on any atom is 0.241 e. The molecule has 0 aliphatic heterocycles. The Hall–Kier alpha value is -2.04. The van der Waals surface area contributed by atoms with Crippen LogP contribution >= 0.6 is 11.6 Å². The second kappa shape index (κ2) is 9.06. The molecule has 2 rings (SSSR count). The van der Waals surface area contributed by atoms with Gasteiger partial charge < -0.3 is 10.1 Å². The number of carbonyl (C=O) groups is 1. The first-order valence-electron chi connectivity index (χ1n) is 8.81. The molecule has 140 valence electrons. The van der Waals surface area contributed by atoms with E-state index in [2.05, 4.69) is 5.32 Å². The Bertz CT molecular complexity index is 736. The molecule has 26 heavy (non-hydrogen) atoms. The van der Waals surface area contributed by atoms with Crippen molar-refractivity contribution in [2.75, 3.05) is 19.0 Å². The molecule has 0 bridgehead atoms. The Balaban J connectivity index is 2.01. The number of likely N-dealkylation sites (N-methyl/N-ethyl adjacent to an activating group) is 1. The van der Waals surface area contributed by atoms with E-state index in [4.69, 9.17) is 16.3 Å². The van der Waals surface area contributed by atoms with Gasteiger partial charge in [-0.05, 0) is 69.6 Å². The summed E-state index contributed by atoms with van der Waals surface area (Å²) >= 11 is 6.29. The van der Waals surface area contributed by atoms with E-state index in [-0.39, 0.29) is 11.9 Å². The lowest BCUT2D eigenvalue weighted by Gasteiger charge is -2.24. The highest BCUT2D eigenvalue weighted by molar-refractivity contribution is 6.34. The average Bonchev–Trinajstić information content (AvgIpc) is 2.59. The van der Waals surface area contributed by atoms with Gasteiger partial charge in [0.25, 0.3) is 0 Å². The molecule has 0 aliphatic rings. The van der Waals surface area contributed by atoms with E-state index in [9.17, 15) is 4.79 Å². The van der Waals surface area contributed by atoms with Crippen LogP contribution in [0, 0.1) is 13.8 Å². The molecule has 5 heteroatoms. The van der Waals surface area contributed by atoms with Crippen LogP contribution in [0.25, 0.3) is 0 Å². The molecule has 2 aromatic carbocycles. The van der Waals surface area contributed by atoms with E-state index in [0.29, 0.717) is 23.9 Å². The Morgan fingerprint density at radius 2 is 1.88 bits per heavy atom. The Morgan fingerprint density at radius 1 is 1.23 bits per heavy atom. The number of anilines is 1. The Labute approximate surface area is 161 Å². The minimum atomic E-state index is -0.293. The molecule has 1 amide bonds. The lowest BCUT2D eigenvalue weighted by molar-refractivity contribution is -0.120. The highest BCUT2D eigenvalue weighted by Crippen LogP contribution is 2.27. The quantitative estimate of drug-likeness (QED) is 0.755. The molecular formula is C21H27ClN2O2. The first-order valence-corrected chi connectivity index (χ1v) is 9.19. The second-order valence-corrected chi connectivity index (χ2v) is 7.00. The molecule has 0 radical (unpaired) electrons. The summed E-state index contributed by atoms with van der Waals surface area (Å²) in [5, 5.41) is 3.53. The van der Waals surface area contributed by atoms with Crippen LogP contribution in [0.4, 0.5) is 5.69 Å². The maximum atomic E-state index is 12.6. The van der Waals surface area contributed by atoms with Crippen molar-refractivity contribution in [3.63, 3.8) is 0 Å². The van der Waals surface area contributed by atoms with Crippen molar-refractivity contribution in [1.82, 2.24) is 4.90 Å². The van der Waals surface area contributed by atoms with Gasteiger partial charge in [-0.2, -0.15) is 0 Å². The van der Waals surface area contributed by atoms with Gasteiger partial charge >= 0.3 is 0 Å². The minimum Gasteiger partial charge on any atom is -0.494 e. The zero-order valence-corrected chi connectivity index (χ0v) is 16.9. The van der Waals surface area contributed by atoms with E-state index < -0.39 is 0 Å². The van der Waals surface area contributed by atoms with Gasteiger partial charge in [-0.15, -0.1) is 0 Å². The lowest BCUT2D eigenvalue weighted by Crippen LogP contribution is -2.39. The van der Waals surface area contributed by atoms with Crippen molar-refractivity contribution >= 4 is 23.2 Å². The number of nitrogens with one attached hydrogen (secondary N) is 1. The third-order valence-electron chi connectivity index (χ3n) is 4.39. The summed E-state index contributed by atoms with van der Waals surface area (Å²) in [6.07, 6.45) is 0. The number of aryl methyl sites for hydroxylation is 2.